The number of furan rings is 1. The van der Waals surface area contributed by atoms with Crippen LogP contribution in [0.5, 0.6) is 0 Å². The van der Waals surface area contributed by atoms with Crippen LogP contribution in [0.4, 0.5) is 15.8 Å². The fourth-order valence-electron chi connectivity index (χ4n) is 3.27. The van der Waals surface area contributed by atoms with Crippen LogP contribution in [-0.4, -0.2) is 15.6 Å². The van der Waals surface area contributed by atoms with Crippen LogP contribution in [0.25, 0.3) is 22.2 Å². The van der Waals surface area contributed by atoms with Gasteiger partial charge in [-0.15, -0.1) is 0 Å². The van der Waals surface area contributed by atoms with Gasteiger partial charge < -0.3 is 9.73 Å². The van der Waals surface area contributed by atoms with Crippen LogP contribution in [0.3, 0.4) is 0 Å². The van der Waals surface area contributed by atoms with Crippen LogP contribution < -0.4 is 10.9 Å². The number of carbonyl (C=O) groups is 1. The molecular weight excluding hydrogens is 373 g/mol. The number of hydrogen-bond donors (Lipinski definition) is 1. The summed E-state index contributed by atoms with van der Waals surface area (Å²) < 4.78 is 20.3. The van der Waals surface area contributed by atoms with E-state index in [0.717, 1.165) is 5.39 Å². The molecule has 2 aromatic heterocycles. The molecule has 29 heavy (non-hydrogen) atoms. The second-order valence-electron chi connectivity index (χ2n) is 6.58. The minimum absolute atomic E-state index is 0.0715. The first-order valence-corrected chi connectivity index (χ1v) is 9.14. The number of fused-ring (bicyclic) bond motifs is 1. The summed E-state index contributed by atoms with van der Waals surface area (Å²) in [4.78, 5) is 25.5. The van der Waals surface area contributed by atoms with Crippen molar-refractivity contribution < 1.29 is 13.6 Å². The third kappa shape index (κ3) is 3.42. The summed E-state index contributed by atoms with van der Waals surface area (Å²) >= 11 is 0. The lowest BCUT2D eigenvalue weighted by atomic mass is 10.0. The summed E-state index contributed by atoms with van der Waals surface area (Å²) in [5.74, 6) is -0.770. The number of nitrogens with one attached hydrogen (secondary N) is 1. The molecule has 0 spiro atoms. The van der Waals surface area contributed by atoms with Crippen LogP contribution in [0, 0.1) is 5.82 Å². The van der Waals surface area contributed by atoms with E-state index in [0.29, 0.717) is 29.1 Å². The summed E-state index contributed by atoms with van der Waals surface area (Å²) in [6.45, 7) is 3.48. The first-order valence-electron chi connectivity index (χ1n) is 9.14. The van der Waals surface area contributed by atoms with Crippen molar-refractivity contribution in [2.24, 2.45) is 0 Å². The van der Waals surface area contributed by atoms with Gasteiger partial charge in [-0.25, -0.2) is 9.07 Å². The van der Waals surface area contributed by atoms with Gasteiger partial charge >= 0.3 is 0 Å². The molecule has 0 aliphatic heterocycles. The Balaban J connectivity index is 1.97. The first kappa shape index (κ1) is 18.6. The summed E-state index contributed by atoms with van der Waals surface area (Å²) in [6.07, 6.45) is 1.58. The molecule has 2 aromatic carbocycles. The maximum absolute atomic E-state index is 13.6. The number of rotatable bonds is 5. The number of carbonyl (C=O) groups excluding carboxylic acids is 1. The first-order chi connectivity index (χ1) is 14.0. The fourth-order valence-corrected chi connectivity index (χ4v) is 3.27. The quantitative estimate of drug-likeness (QED) is 0.496. The maximum atomic E-state index is 13.6. The van der Waals surface area contributed by atoms with Gasteiger partial charge in [-0.2, -0.15) is 5.10 Å². The number of halogens is 1. The number of nitrogens with zero attached hydrogens (tertiary/aromatic N) is 2. The molecule has 0 fully saturated rings. The molecule has 4 aromatic rings. The van der Waals surface area contributed by atoms with Gasteiger partial charge in [0, 0.05) is 23.2 Å². The monoisotopic (exact) mass is 391 g/mol. The van der Waals surface area contributed by atoms with Gasteiger partial charge in [0.15, 0.2) is 5.78 Å². The van der Waals surface area contributed by atoms with Crippen molar-refractivity contribution in [3.05, 3.63) is 76.5 Å². The molecule has 0 aliphatic rings. The van der Waals surface area contributed by atoms with E-state index in [1.54, 1.807) is 31.4 Å². The van der Waals surface area contributed by atoms with E-state index >= 15 is 0 Å². The summed E-state index contributed by atoms with van der Waals surface area (Å²) in [6, 6.07) is 13.0. The Morgan fingerprint density at radius 1 is 1.21 bits per heavy atom. The number of hydrogen-bond acceptors (Lipinski definition) is 5. The standard InChI is InChI=1S/C22H18FN3O3/c1-3-26-22(28)21(24-17-6-4-5-16(23)12-17)19(13(2)27)20(25-26)15-7-8-18-14(11-15)9-10-29-18/h4-12,24H,3H2,1-2H3. The third-order valence-electron chi connectivity index (χ3n) is 4.63. The van der Waals surface area contributed by atoms with Crippen LogP contribution in [0.2, 0.25) is 0 Å². The van der Waals surface area contributed by atoms with E-state index in [9.17, 15) is 14.0 Å². The number of ketones is 1. The van der Waals surface area contributed by atoms with Crippen molar-refractivity contribution in [1.82, 2.24) is 9.78 Å². The van der Waals surface area contributed by atoms with E-state index in [-0.39, 0.29) is 17.0 Å². The molecule has 0 aliphatic carbocycles. The molecule has 0 atom stereocenters. The lowest BCUT2D eigenvalue weighted by molar-refractivity contribution is 0.101. The second-order valence-corrected chi connectivity index (χ2v) is 6.58. The van der Waals surface area contributed by atoms with Gasteiger partial charge in [-0.05, 0) is 56.3 Å². The Morgan fingerprint density at radius 2 is 2.03 bits per heavy atom. The zero-order valence-electron chi connectivity index (χ0n) is 15.9. The summed E-state index contributed by atoms with van der Waals surface area (Å²) in [7, 11) is 0. The molecule has 7 heteroatoms. The van der Waals surface area contributed by atoms with Gasteiger partial charge in [-0.3, -0.25) is 9.59 Å². The third-order valence-corrected chi connectivity index (χ3v) is 4.63. The Bertz CT molecular complexity index is 1290. The van der Waals surface area contributed by atoms with Gasteiger partial charge in [0.1, 0.15) is 22.8 Å². The summed E-state index contributed by atoms with van der Waals surface area (Å²) in [5.41, 5.74) is 1.91. The molecular formula is C22H18FN3O3. The highest BCUT2D eigenvalue weighted by Gasteiger charge is 2.22. The van der Waals surface area contributed by atoms with Gasteiger partial charge in [0.2, 0.25) is 0 Å². The average molecular weight is 391 g/mol. The van der Waals surface area contributed by atoms with Crippen molar-refractivity contribution >= 4 is 28.1 Å². The number of aryl methyl sites for hydroxylation is 1. The second kappa shape index (κ2) is 7.35. The predicted octanol–water partition coefficient (Wildman–Crippen LogP) is 4.76. The fraction of sp³-hybridized carbons (Fsp3) is 0.136. The van der Waals surface area contributed by atoms with Crippen LogP contribution in [-0.2, 0) is 6.54 Å². The molecule has 6 nitrogen and oxygen atoms in total. The number of Topliss-reactive ketones (excluding diaryl/α,β-unsaturated/α-hetero) is 1. The minimum atomic E-state index is -0.449. The number of benzene rings is 2. The molecule has 0 radical (unpaired) electrons. The lowest BCUT2D eigenvalue weighted by Gasteiger charge is -2.16. The zero-order chi connectivity index (χ0) is 20.5. The van der Waals surface area contributed by atoms with Crippen molar-refractivity contribution in [3.8, 4) is 11.3 Å². The topological polar surface area (TPSA) is 77.1 Å². The highest BCUT2D eigenvalue weighted by Crippen LogP contribution is 2.30. The largest absolute Gasteiger partial charge is 0.464 e. The zero-order valence-corrected chi connectivity index (χ0v) is 15.9. The molecule has 0 saturated heterocycles. The smallest absolute Gasteiger partial charge is 0.291 e. The van der Waals surface area contributed by atoms with E-state index in [1.165, 1.54) is 29.8 Å². The van der Waals surface area contributed by atoms with Crippen molar-refractivity contribution in [2.75, 3.05) is 5.32 Å². The van der Waals surface area contributed by atoms with E-state index < -0.39 is 11.4 Å². The Hall–Kier alpha value is -3.74. The van der Waals surface area contributed by atoms with E-state index in [1.807, 2.05) is 12.1 Å². The average Bonchev–Trinajstić information content (AvgIpc) is 3.17. The molecule has 4 rings (SSSR count). The highest BCUT2D eigenvalue weighted by molar-refractivity contribution is 6.05. The van der Waals surface area contributed by atoms with Gasteiger partial charge in [0.05, 0.1) is 11.8 Å². The maximum Gasteiger partial charge on any atom is 0.291 e. The Labute approximate surface area is 165 Å². The van der Waals surface area contributed by atoms with E-state index in [4.69, 9.17) is 4.42 Å². The molecule has 0 bridgehead atoms. The van der Waals surface area contributed by atoms with Crippen molar-refractivity contribution in [3.63, 3.8) is 0 Å². The normalized spacial score (nSPS) is 11.0. The van der Waals surface area contributed by atoms with Crippen LogP contribution in [0.1, 0.15) is 24.2 Å². The molecule has 0 unspecified atom stereocenters. The lowest BCUT2D eigenvalue weighted by Crippen LogP contribution is -2.28. The number of anilines is 2. The van der Waals surface area contributed by atoms with E-state index in [2.05, 4.69) is 10.4 Å². The molecule has 0 saturated carbocycles. The SMILES string of the molecule is CCn1nc(-c2ccc3occc3c2)c(C(C)=O)c(Nc2cccc(F)c2)c1=O. The highest BCUT2D eigenvalue weighted by atomic mass is 19.1. The minimum Gasteiger partial charge on any atom is -0.464 e. The predicted molar refractivity (Wildman–Crippen MR) is 109 cm³/mol. The molecule has 0 amide bonds. The Kier molecular flexibility index (Phi) is 4.72. The number of aromatic nitrogens is 2. The van der Waals surface area contributed by atoms with Crippen LogP contribution in [0.15, 0.2) is 64.0 Å². The Morgan fingerprint density at radius 3 is 2.76 bits per heavy atom. The molecule has 146 valence electrons. The summed E-state index contributed by atoms with van der Waals surface area (Å²) in [5, 5.41) is 8.21. The van der Waals surface area contributed by atoms with Crippen molar-refractivity contribution in [1.29, 1.82) is 0 Å². The van der Waals surface area contributed by atoms with Crippen molar-refractivity contribution in [2.45, 2.75) is 20.4 Å². The van der Waals surface area contributed by atoms with Gasteiger partial charge in [-0.1, -0.05) is 6.07 Å². The molecule has 1 N–H and O–H groups in total. The van der Waals surface area contributed by atoms with Crippen LogP contribution >= 0.6 is 0 Å². The molecule has 2 heterocycles. The van der Waals surface area contributed by atoms with Gasteiger partial charge in [0.25, 0.3) is 5.56 Å².